The van der Waals surface area contributed by atoms with Gasteiger partial charge in [-0.05, 0) is 19.4 Å². The van der Waals surface area contributed by atoms with Crippen molar-refractivity contribution in [2.75, 3.05) is 19.5 Å². The van der Waals surface area contributed by atoms with Gasteiger partial charge in [-0.3, -0.25) is 0 Å². The van der Waals surface area contributed by atoms with E-state index < -0.39 is 17.9 Å². The quantitative estimate of drug-likeness (QED) is 0.629. The average molecular weight is 394 g/mol. The summed E-state index contributed by atoms with van der Waals surface area (Å²) in [5.41, 5.74) is 4.08. The van der Waals surface area contributed by atoms with Crippen molar-refractivity contribution < 1.29 is 19.1 Å². The van der Waals surface area contributed by atoms with Gasteiger partial charge in [-0.25, -0.2) is 9.59 Å². The summed E-state index contributed by atoms with van der Waals surface area (Å²) in [6.45, 7) is 3.78. The number of alkyl halides is 1. The molecule has 0 aromatic heterocycles. The van der Waals surface area contributed by atoms with Crippen LogP contribution in [0.25, 0.3) is 0 Å². The molecule has 1 aromatic rings. The first-order chi connectivity index (χ1) is 11.4. The smallest absolute Gasteiger partial charge is 0.336 e. The monoisotopic (exact) mass is 393 g/mol. The molecule has 1 atom stereocenters. The van der Waals surface area contributed by atoms with Crippen molar-refractivity contribution >= 4 is 27.9 Å². The SMILES string of the molecule is COC(=O)C1=C(C)NC(CBr)=C(C(=O)OC)C1c1ccc(C)cc1. The number of allylic oxidation sites excluding steroid dienone is 2. The lowest BCUT2D eigenvalue weighted by Crippen LogP contribution is -2.33. The van der Waals surface area contributed by atoms with Gasteiger partial charge in [0.05, 0.1) is 31.3 Å². The number of hydrogen-bond donors (Lipinski definition) is 1. The molecule has 0 saturated carbocycles. The number of methoxy groups -OCH3 is 2. The minimum Gasteiger partial charge on any atom is -0.466 e. The second kappa shape index (κ2) is 7.66. The van der Waals surface area contributed by atoms with Crippen LogP contribution < -0.4 is 5.32 Å². The van der Waals surface area contributed by atoms with Crippen molar-refractivity contribution in [3.05, 3.63) is 57.9 Å². The van der Waals surface area contributed by atoms with Gasteiger partial charge in [-0.15, -0.1) is 0 Å². The van der Waals surface area contributed by atoms with E-state index in [0.717, 1.165) is 11.1 Å². The van der Waals surface area contributed by atoms with Crippen LogP contribution in [0.1, 0.15) is 24.0 Å². The molecule has 1 aromatic carbocycles. The van der Waals surface area contributed by atoms with Crippen LogP contribution in [-0.2, 0) is 19.1 Å². The van der Waals surface area contributed by atoms with Crippen LogP contribution in [0.15, 0.2) is 46.8 Å². The van der Waals surface area contributed by atoms with Crippen molar-refractivity contribution in [1.29, 1.82) is 0 Å². The zero-order valence-corrected chi connectivity index (χ0v) is 15.7. The highest BCUT2D eigenvalue weighted by molar-refractivity contribution is 9.09. The Morgan fingerprint density at radius 2 is 1.58 bits per heavy atom. The minimum atomic E-state index is -0.542. The van der Waals surface area contributed by atoms with Gasteiger partial charge < -0.3 is 14.8 Å². The summed E-state index contributed by atoms with van der Waals surface area (Å²) in [5, 5.41) is 3.55. The van der Waals surface area contributed by atoms with Gasteiger partial charge in [-0.1, -0.05) is 45.8 Å². The van der Waals surface area contributed by atoms with Crippen molar-refractivity contribution in [3.8, 4) is 0 Å². The Morgan fingerprint density at radius 3 is 2.08 bits per heavy atom. The molecule has 0 aliphatic carbocycles. The van der Waals surface area contributed by atoms with E-state index in [-0.39, 0.29) is 0 Å². The minimum absolute atomic E-state index is 0.407. The van der Waals surface area contributed by atoms with Crippen molar-refractivity contribution in [1.82, 2.24) is 5.32 Å². The zero-order chi connectivity index (χ0) is 17.9. The molecule has 1 N–H and O–H groups in total. The van der Waals surface area contributed by atoms with Crippen molar-refractivity contribution in [2.24, 2.45) is 0 Å². The number of aryl methyl sites for hydroxylation is 1. The summed E-state index contributed by atoms with van der Waals surface area (Å²) in [5.74, 6) is -1.49. The van der Waals surface area contributed by atoms with Crippen LogP contribution in [0, 0.1) is 6.92 Å². The Hall–Kier alpha value is -2.08. The predicted octanol–water partition coefficient (Wildman–Crippen LogP) is 2.95. The highest BCUT2D eigenvalue weighted by Crippen LogP contribution is 2.39. The molecular weight excluding hydrogens is 374 g/mol. The number of benzene rings is 1. The molecule has 0 radical (unpaired) electrons. The molecule has 24 heavy (non-hydrogen) atoms. The van der Waals surface area contributed by atoms with E-state index in [2.05, 4.69) is 21.2 Å². The Labute approximate surface area is 149 Å². The molecular formula is C18H20BrNO4. The first-order valence-electron chi connectivity index (χ1n) is 7.44. The molecule has 0 spiro atoms. The molecule has 1 unspecified atom stereocenters. The third kappa shape index (κ3) is 3.38. The highest BCUT2D eigenvalue weighted by atomic mass is 79.9. The Balaban J connectivity index is 2.70. The van der Waals surface area contributed by atoms with Crippen LogP contribution in [-0.4, -0.2) is 31.5 Å². The maximum absolute atomic E-state index is 12.4. The molecule has 1 aliphatic heterocycles. The fraction of sp³-hybridized carbons (Fsp3) is 0.333. The molecule has 1 heterocycles. The number of carbonyl (C=O) groups excluding carboxylic acids is 2. The second-order valence-corrected chi connectivity index (χ2v) is 6.08. The summed E-state index contributed by atoms with van der Waals surface area (Å²) in [4.78, 5) is 24.8. The van der Waals surface area contributed by atoms with Gasteiger partial charge in [-0.2, -0.15) is 0 Å². The highest BCUT2D eigenvalue weighted by Gasteiger charge is 2.38. The molecule has 2 rings (SSSR count). The van der Waals surface area contributed by atoms with E-state index in [1.165, 1.54) is 14.2 Å². The Morgan fingerprint density at radius 1 is 1.04 bits per heavy atom. The maximum Gasteiger partial charge on any atom is 0.336 e. The fourth-order valence-electron chi connectivity index (χ4n) is 2.83. The standard InChI is InChI=1S/C18H20BrNO4/c1-10-5-7-12(8-6-10)15-14(17(21)23-3)11(2)20-13(9-19)16(15)18(22)24-4/h5-8,15,20H,9H2,1-4H3. The summed E-state index contributed by atoms with van der Waals surface area (Å²) >= 11 is 3.40. The fourth-order valence-corrected chi connectivity index (χ4v) is 3.27. The van der Waals surface area contributed by atoms with Gasteiger partial charge in [0.15, 0.2) is 0 Å². The van der Waals surface area contributed by atoms with Crippen LogP contribution in [0.2, 0.25) is 0 Å². The normalized spacial score (nSPS) is 17.5. The predicted molar refractivity (Wildman–Crippen MR) is 94.6 cm³/mol. The summed E-state index contributed by atoms with van der Waals surface area (Å²) < 4.78 is 9.90. The molecule has 0 bridgehead atoms. The first-order valence-corrected chi connectivity index (χ1v) is 8.56. The van der Waals surface area contributed by atoms with Gasteiger partial charge in [0.25, 0.3) is 0 Å². The number of carbonyl (C=O) groups is 2. The van der Waals surface area contributed by atoms with Gasteiger partial charge >= 0.3 is 11.9 Å². The van der Waals surface area contributed by atoms with Crippen molar-refractivity contribution in [3.63, 3.8) is 0 Å². The van der Waals surface area contributed by atoms with E-state index in [1.54, 1.807) is 6.92 Å². The number of halogens is 1. The van der Waals surface area contributed by atoms with E-state index in [0.29, 0.717) is 27.9 Å². The lowest BCUT2D eigenvalue weighted by molar-refractivity contribution is -0.137. The molecule has 0 fully saturated rings. The van der Waals surface area contributed by atoms with Gasteiger partial charge in [0, 0.05) is 16.7 Å². The molecule has 128 valence electrons. The van der Waals surface area contributed by atoms with Crippen LogP contribution >= 0.6 is 15.9 Å². The summed E-state index contributed by atoms with van der Waals surface area (Å²) in [6.07, 6.45) is 0. The van der Waals surface area contributed by atoms with Gasteiger partial charge in [0.1, 0.15) is 0 Å². The first kappa shape index (κ1) is 18.3. The largest absolute Gasteiger partial charge is 0.466 e. The summed E-state index contributed by atoms with van der Waals surface area (Å²) in [7, 11) is 2.66. The third-order valence-corrected chi connectivity index (χ3v) is 4.56. The van der Waals surface area contributed by atoms with E-state index >= 15 is 0 Å². The lowest BCUT2D eigenvalue weighted by atomic mass is 9.80. The lowest BCUT2D eigenvalue weighted by Gasteiger charge is -2.30. The molecule has 5 nitrogen and oxygen atoms in total. The number of esters is 2. The third-order valence-electron chi connectivity index (χ3n) is 4.00. The number of ether oxygens (including phenoxy) is 2. The van der Waals surface area contributed by atoms with Gasteiger partial charge in [0.2, 0.25) is 0 Å². The number of dihydropyridines is 1. The molecule has 0 saturated heterocycles. The zero-order valence-electron chi connectivity index (χ0n) is 14.1. The number of nitrogens with one attached hydrogen (secondary N) is 1. The number of rotatable bonds is 4. The van der Waals surface area contributed by atoms with E-state index in [1.807, 2.05) is 31.2 Å². The molecule has 0 amide bonds. The van der Waals surface area contributed by atoms with Crippen molar-refractivity contribution in [2.45, 2.75) is 19.8 Å². The Bertz CT molecular complexity index is 719. The summed E-state index contributed by atoms with van der Waals surface area (Å²) in [6, 6.07) is 7.72. The van der Waals surface area contributed by atoms with E-state index in [9.17, 15) is 9.59 Å². The molecule has 1 aliphatic rings. The Kier molecular flexibility index (Phi) is 5.83. The maximum atomic E-state index is 12.4. The second-order valence-electron chi connectivity index (χ2n) is 5.52. The topological polar surface area (TPSA) is 64.6 Å². The van der Waals surface area contributed by atoms with E-state index in [4.69, 9.17) is 9.47 Å². The van der Waals surface area contributed by atoms with Crippen LogP contribution in [0.5, 0.6) is 0 Å². The molecule has 6 heteroatoms. The number of hydrogen-bond acceptors (Lipinski definition) is 5. The van der Waals surface area contributed by atoms with Crippen LogP contribution in [0.4, 0.5) is 0 Å². The average Bonchev–Trinajstić information content (AvgIpc) is 2.60. The van der Waals surface area contributed by atoms with Crippen LogP contribution in [0.3, 0.4) is 0 Å².